The van der Waals surface area contributed by atoms with E-state index < -0.39 is 20.0 Å². The van der Waals surface area contributed by atoms with E-state index in [0.717, 1.165) is 10.5 Å². The minimum absolute atomic E-state index is 0.0439. The lowest BCUT2D eigenvalue weighted by Gasteiger charge is -2.34. The van der Waals surface area contributed by atoms with Gasteiger partial charge in [-0.2, -0.15) is 20.4 Å². The number of sulfonamides is 2. The van der Waals surface area contributed by atoms with Gasteiger partial charge in [-0.3, -0.25) is 9.68 Å². The molecule has 408 valence electrons. The molecule has 0 atom stereocenters. The summed E-state index contributed by atoms with van der Waals surface area (Å²) in [4.78, 5) is 10.7. The molecule has 14 nitrogen and oxygen atoms in total. The topological polar surface area (TPSA) is 131 Å². The molecule has 0 unspecified atom stereocenters. The molecule has 0 aliphatic heterocycles. The Bertz CT molecular complexity index is 1210. The lowest BCUT2D eigenvalue weighted by Crippen LogP contribution is -2.44. The van der Waals surface area contributed by atoms with E-state index in [-0.39, 0.29) is 34.8 Å². The number of hydroxylamine groups is 4. The Balaban J connectivity index is -0.000000123. The van der Waals surface area contributed by atoms with Gasteiger partial charge in [-0.25, -0.2) is 35.5 Å². The fraction of sp³-hybridized carbons (Fsp3) is 1.00. The van der Waals surface area contributed by atoms with Crippen molar-refractivity contribution in [2.75, 3.05) is 42.3 Å². The molecule has 18 heteroatoms. The monoisotopic (exact) mass is 1030 g/mol. The molecule has 0 amide bonds. The van der Waals surface area contributed by atoms with E-state index in [1.165, 1.54) is 8.61 Å². The molecular formula is C48H116N8O6S4. The fourth-order valence-corrected chi connectivity index (χ4v) is 7.66. The summed E-state index contributed by atoms with van der Waals surface area (Å²) in [7, 11) is 9.18. The van der Waals surface area contributed by atoms with E-state index in [9.17, 15) is 16.8 Å². The normalized spacial score (nSPS) is 12.5. The first-order valence-electron chi connectivity index (χ1n) is 24.3. The predicted octanol–water partition coefficient (Wildman–Crippen LogP) is 12.5. The summed E-state index contributed by atoms with van der Waals surface area (Å²) in [5.74, 6) is 0. The van der Waals surface area contributed by atoms with Crippen LogP contribution in [-0.2, 0) is 29.7 Å². The van der Waals surface area contributed by atoms with Crippen LogP contribution in [0.4, 0.5) is 0 Å². The van der Waals surface area contributed by atoms with Gasteiger partial charge < -0.3 is 0 Å². The third-order valence-electron chi connectivity index (χ3n) is 8.62. The second-order valence-corrected chi connectivity index (χ2v) is 28.6. The SMILES string of the molecule is CC(C)N(C)N(C)C(C)C.CC(C)N(C)S(=O)(=O)C(C)C.CC(C)N(C)S(=O)(=O)C(C)C.CC(C)N=NC(C)C.CC(C)ON(C)C(C)C.CC(C)ON(C)C(C)C.CC(C)SSC(C)C. The Morgan fingerprint density at radius 3 is 0.636 bits per heavy atom. The maximum absolute atomic E-state index is 11.4. The van der Waals surface area contributed by atoms with Crippen LogP contribution in [0.3, 0.4) is 0 Å². The maximum atomic E-state index is 11.4. The first-order valence-corrected chi connectivity index (χ1v) is 29.6. The first kappa shape index (κ1) is 80.0. The minimum atomic E-state index is -3.04. The van der Waals surface area contributed by atoms with Crippen molar-refractivity contribution in [1.29, 1.82) is 0 Å². The molecule has 0 saturated heterocycles. The molecule has 0 aromatic rings. The number of rotatable bonds is 20. The number of nitrogens with zero attached hydrogens (tertiary/aromatic N) is 8. The molecule has 0 aromatic heterocycles. The van der Waals surface area contributed by atoms with Crippen LogP contribution >= 0.6 is 21.6 Å². The predicted molar refractivity (Wildman–Crippen MR) is 299 cm³/mol. The van der Waals surface area contributed by atoms with Crippen LogP contribution in [0.15, 0.2) is 10.2 Å². The Kier molecular flexibility index (Phi) is 52.9. The number of hydrogen-bond acceptors (Lipinski definition) is 14. The summed E-state index contributed by atoms with van der Waals surface area (Å²) < 4.78 is 48.4. The maximum Gasteiger partial charge on any atom is 0.216 e. The number of azo groups is 1. The van der Waals surface area contributed by atoms with Crippen molar-refractivity contribution in [3.8, 4) is 0 Å². The summed E-state index contributed by atoms with van der Waals surface area (Å²) in [5, 5.41) is 17.0. The van der Waals surface area contributed by atoms with Gasteiger partial charge in [0.1, 0.15) is 0 Å². The second-order valence-electron chi connectivity index (χ2n) is 20.0. The van der Waals surface area contributed by atoms with Gasteiger partial charge in [-0.05, 0) is 166 Å². The Labute approximate surface area is 422 Å². The van der Waals surface area contributed by atoms with E-state index in [0.29, 0.717) is 36.3 Å². The van der Waals surface area contributed by atoms with Crippen LogP contribution in [0.5, 0.6) is 0 Å². The third-order valence-corrected chi connectivity index (χ3v) is 17.0. The van der Waals surface area contributed by atoms with Gasteiger partial charge >= 0.3 is 0 Å². The lowest BCUT2D eigenvalue weighted by molar-refractivity contribution is -0.188. The average molecular weight is 1030 g/mol. The van der Waals surface area contributed by atoms with Gasteiger partial charge in [-0.15, -0.1) is 0 Å². The molecule has 0 heterocycles. The first-order chi connectivity index (χ1) is 29.4. The van der Waals surface area contributed by atoms with Crippen LogP contribution in [0.2, 0.25) is 0 Å². The lowest BCUT2D eigenvalue weighted by atomic mass is 10.3. The zero-order chi connectivity index (χ0) is 54.8. The van der Waals surface area contributed by atoms with Crippen molar-refractivity contribution in [2.24, 2.45) is 10.2 Å². The van der Waals surface area contributed by atoms with E-state index in [2.05, 4.69) is 117 Å². The van der Waals surface area contributed by atoms with Gasteiger partial charge in [0.25, 0.3) is 0 Å². The van der Waals surface area contributed by atoms with Crippen molar-refractivity contribution in [3.63, 3.8) is 0 Å². The van der Waals surface area contributed by atoms with Gasteiger partial charge in [0.2, 0.25) is 20.0 Å². The summed E-state index contributed by atoms with van der Waals surface area (Å²) in [6.07, 6.45) is 0.579. The summed E-state index contributed by atoms with van der Waals surface area (Å²) in [6, 6.07) is 2.89. The van der Waals surface area contributed by atoms with Crippen molar-refractivity contribution in [3.05, 3.63) is 0 Å². The Morgan fingerprint density at radius 1 is 0.348 bits per heavy atom. The van der Waals surface area contributed by atoms with Crippen molar-refractivity contribution < 1.29 is 26.5 Å². The molecule has 0 N–H and O–H groups in total. The fourth-order valence-electron chi connectivity index (χ4n) is 3.38. The van der Waals surface area contributed by atoms with E-state index in [4.69, 9.17) is 9.68 Å². The zero-order valence-electron chi connectivity index (χ0n) is 49.7. The third kappa shape index (κ3) is 51.7. The molecule has 0 spiro atoms. The largest absolute Gasteiger partial charge is 0.296 e. The van der Waals surface area contributed by atoms with Crippen LogP contribution in [0.1, 0.15) is 194 Å². The molecule has 66 heavy (non-hydrogen) atoms. The smallest absolute Gasteiger partial charge is 0.216 e. The van der Waals surface area contributed by atoms with E-state index in [1.807, 2.05) is 129 Å². The van der Waals surface area contributed by atoms with Crippen LogP contribution in [0.25, 0.3) is 0 Å². The summed E-state index contributed by atoms with van der Waals surface area (Å²) in [6.45, 7) is 56.4. The molecule has 0 aliphatic carbocycles. The molecule has 0 rings (SSSR count). The van der Waals surface area contributed by atoms with Gasteiger partial charge in [-0.1, -0.05) is 49.3 Å². The number of hydrogen-bond donors (Lipinski definition) is 0. The van der Waals surface area contributed by atoms with Crippen molar-refractivity contribution in [1.82, 2.24) is 28.8 Å². The molecule has 0 aromatic carbocycles. The molecule has 0 saturated carbocycles. The van der Waals surface area contributed by atoms with Crippen molar-refractivity contribution >= 4 is 41.6 Å². The van der Waals surface area contributed by atoms with Crippen LogP contribution in [-0.4, -0.2) is 169 Å². The van der Waals surface area contributed by atoms with Gasteiger partial charge in [0, 0.05) is 89.0 Å². The Hall–Kier alpha value is -0.120. The van der Waals surface area contributed by atoms with E-state index >= 15 is 0 Å². The molecule has 0 fully saturated rings. The van der Waals surface area contributed by atoms with Crippen LogP contribution in [0, 0.1) is 0 Å². The summed E-state index contributed by atoms with van der Waals surface area (Å²) in [5.41, 5.74) is 0. The Morgan fingerprint density at radius 2 is 0.561 bits per heavy atom. The highest BCUT2D eigenvalue weighted by Gasteiger charge is 2.24. The molecule has 0 bridgehead atoms. The highest BCUT2D eigenvalue weighted by molar-refractivity contribution is 8.77. The van der Waals surface area contributed by atoms with Crippen molar-refractivity contribution in [2.45, 2.75) is 275 Å². The van der Waals surface area contributed by atoms with Gasteiger partial charge in [0.15, 0.2) is 0 Å². The zero-order valence-corrected chi connectivity index (χ0v) is 53.0. The standard InChI is InChI=1S/C8H20N2.2C7H17NO2S.2C7H17NO.C6H14N2.C6H14S2/c1-7(2)9(5)10(6)8(3)4;2*1-6(2)8(5)11(9,10)7(3)4;2*1-6(2)8(5)9-7(3)4;2*1-5(2)7-8-6(3)4/h7-8H,1-6H3;2*6-7H,1-5H3;2*6-7H,1-5H3;2*5-6H,1-4H3. The number of hydrazine groups is 1. The molecule has 0 aliphatic rings. The second kappa shape index (κ2) is 43.7. The quantitative estimate of drug-likeness (QED) is 0.0653. The van der Waals surface area contributed by atoms with Crippen LogP contribution < -0.4 is 0 Å². The highest BCUT2D eigenvalue weighted by atomic mass is 33.1. The van der Waals surface area contributed by atoms with E-state index in [1.54, 1.807) is 41.8 Å². The minimum Gasteiger partial charge on any atom is -0.296 e. The molecule has 0 radical (unpaired) electrons. The highest BCUT2D eigenvalue weighted by Crippen LogP contribution is 2.29. The van der Waals surface area contributed by atoms with Gasteiger partial charge in [0.05, 0.1) is 34.8 Å². The average Bonchev–Trinajstić information content (AvgIpc) is 3.15. The summed E-state index contributed by atoms with van der Waals surface area (Å²) >= 11 is 0. The molecular weight excluding hydrogens is 913 g/mol.